The van der Waals surface area contributed by atoms with Gasteiger partial charge >= 0.3 is 0 Å². The minimum atomic E-state index is 0.648. The van der Waals surface area contributed by atoms with Gasteiger partial charge in [0.1, 0.15) is 5.82 Å². The van der Waals surface area contributed by atoms with Crippen molar-refractivity contribution in [1.82, 2.24) is 9.55 Å². The molecule has 0 amide bonds. The fraction of sp³-hybridized carbons (Fsp3) is 0.500. The summed E-state index contributed by atoms with van der Waals surface area (Å²) in [7, 11) is 0. The van der Waals surface area contributed by atoms with E-state index in [9.17, 15) is 0 Å². The van der Waals surface area contributed by atoms with Gasteiger partial charge in [-0.3, -0.25) is 0 Å². The molecule has 1 heterocycles. The second-order valence-corrected chi connectivity index (χ2v) is 5.29. The molecule has 2 aromatic rings. The van der Waals surface area contributed by atoms with Crippen molar-refractivity contribution in [3.8, 4) is 0 Å². The third kappa shape index (κ3) is 1.85. The van der Waals surface area contributed by atoms with Gasteiger partial charge in [-0.2, -0.15) is 0 Å². The molecule has 17 heavy (non-hydrogen) atoms. The number of aromatic nitrogens is 2. The fourth-order valence-corrected chi connectivity index (χ4v) is 2.74. The summed E-state index contributed by atoms with van der Waals surface area (Å²) < 4.78 is 2.42. The molecule has 0 bridgehead atoms. The Morgan fingerprint density at radius 2 is 2.24 bits per heavy atom. The lowest BCUT2D eigenvalue weighted by molar-refractivity contribution is 0.314. The number of rotatable bonds is 3. The summed E-state index contributed by atoms with van der Waals surface area (Å²) >= 11 is 5.88. The van der Waals surface area contributed by atoms with Crippen molar-refractivity contribution in [3.63, 3.8) is 0 Å². The van der Waals surface area contributed by atoms with Crippen molar-refractivity contribution in [3.05, 3.63) is 29.6 Å². The van der Waals surface area contributed by atoms with Crippen molar-refractivity contribution in [2.45, 2.75) is 38.6 Å². The molecule has 0 spiro atoms. The van der Waals surface area contributed by atoms with E-state index in [1.54, 1.807) is 0 Å². The van der Waals surface area contributed by atoms with Gasteiger partial charge in [-0.25, -0.2) is 4.98 Å². The van der Waals surface area contributed by atoms with Gasteiger partial charge in [0.25, 0.3) is 0 Å². The Morgan fingerprint density at radius 1 is 1.41 bits per heavy atom. The van der Waals surface area contributed by atoms with Crippen LogP contribution in [-0.2, 0) is 6.42 Å². The predicted molar refractivity (Wildman–Crippen MR) is 71.8 cm³/mol. The van der Waals surface area contributed by atoms with Crippen LogP contribution in [0.2, 0.25) is 0 Å². The van der Waals surface area contributed by atoms with Crippen LogP contribution in [0.15, 0.2) is 18.2 Å². The second kappa shape index (κ2) is 4.34. The molecule has 3 heteroatoms. The third-order valence-electron chi connectivity index (χ3n) is 3.68. The largest absolute Gasteiger partial charge is 0.325 e. The van der Waals surface area contributed by atoms with E-state index in [-0.39, 0.29) is 0 Å². The summed E-state index contributed by atoms with van der Waals surface area (Å²) in [6.45, 7) is 2.11. The van der Waals surface area contributed by atoms with E-state index in [0.717, 1.165) is 17.8 Å². The van der Waals surface area contributed by atoms with E-state index in [1.807, 2.05) is 0 Å². The van der Waals surface area contributed by atoms with E-state index in [2.05, 4.69) is 29.7 Å². The minimum Gasteiger partial charge on any atom is -0.325 e. The first-order chi connectivity index (χ1) is 8.29. The summed E-state index contributed by atoms with van der Waals surface area (Å²) in [5, 5.41) is 0. The SMILES string of the molecule is Cc1ccc2c(c1)nc(CCCl)n2C1CCC1. The van der Waals surface area contributed by atoms with Gasteiger partial charge < -0.3 is 4.57 Å². The molecule has 2 nitrogen and oxygen atoms in total. The Balaban J connectivity index is 2.16. The topological polar surface area (TPSA) is 17.8 Å². The van der Waals surface area contributed by atoms with Crippen molar-refractivity contribution in [2.24, 2.45) is 0 Å². The standard InChI is InChI=1S/C14H17ClN2/c1-10-5-6-13-12(9-10)16-14(7-8-15)17(13)11-3-2-4-11/h5-6,9,11H,2-4,7-8H2,1H3. The zero-order chi connectivity index (χ0) is 11.8. The first kappa shape index (κ1) is 11.1. The van der Waals surface area contributed by atoms with Crippen LogP contribution in [0.3, 0.4) is 0 Å². The van der Waals surface area contributed by atoms with Crippen LogP contribution in [0.25, 0.3) is 11.0 Å². The van der Waals surface area contributed by atoms with Gasteiger partial charge in [0.05, 0.1) is 11.0 Å². The number of aryl methyl sites for hydroxylation is 2. The van der Waals surface area contributed by atoms with Gasteiger partial charge in [0.2, 0.25) is 0 Å². The van der Waals surface area contributed by atoms with Crippen LogP contribution >= 0.6 is 11.6 Å². The normalized spacial score (nSPS) is 16.4. The van der Waals surface area contributed by atoms with E-state index >= 15 is 0 Å². The molecule has 1 saturated carbocycles. The molecule has 0 saturated heterocycles. The van der Waals surface area contributed by atoms with Crippen LogP contribution in [0.1, 0.15) is 36.7 Å². The number of imidazole rings is 1. The zero-order valence-electron chi connectivity index (χ0n) is 10.1. The Kier molecular flexibility index (Phi) is 2.83. The van der Waals surface area contributed by atoms with E-state index in [1.165, 1.54) is 30.3 Å². The summed E-state index contributed by atoms with van der Waals surface area (Å²) in [5.41, 5.74) is 3.67. The monoisotopic (exact) mass is 248 g/mol. The highest BCUT2D eigenvalue weighted by molar-refractivity contribution is 6.17. The maximum absolute atomic E-state index is 5.88. The Bertz CT molecular complexity index is 540. The number of benzene rings is 1. The van der Waals surface area contributed by atoms with E-state index < -0.39 is 0 Å². The number of nitrogens with zero attached hydrogens (tertiary/aromatic N) is 2. The lowest BCUT2D eigenvalue weighted by Gasteiger charge is -2.29. The fourth-order valence-electron chi connectivity index (χ4n) is 2.57. The number of halogens is 1. The Labute approximate surface area is 107 Å². The molecule has 1 aliphatic rings. The highest BCUT2D eigenvalue weighted by Gasteiger charge is 2.24. The van der Waals surface area contributed by atoms with Gasteiger partial charge in [-0.05, 0) is 43.9 Å². The summed E-state index contributed by atoms with van der Waals surface area (Å²) in [6, 6.07) is 7.19. The number of fused-ring (bicyclic) bond motifs is 1. The van der Waals surface area contributed by atoms with Crippen LogP contribution in [0.5, 0.6) is 0 Å². The highest BCUT2D eigenvalue weighted by Crippen LogP contribution is 2.35. The van der Waals surface area contributed by atoms with Crippen LogP contribution < -0.4 is 0 Å². The average Bonchev–Trinajstić information content (AvgIpc) is 2.55. The van der Waals surface area contributed by atoms with Gasteiger partial charge in [0, 0.05) is 18.3 Å². The quantitative estimate of drug-likeness (QED) is 0.755. The van der Waals surface area contributed by atoms with E-state index in [4.69, 9.17) is 16.6 Å². The molecule has 0 radical (unpaired) electrons. The van der Waals surface area contributed by atoms with Crippen LogP contribution in [0, 0.1) is 6.92 Å². The molecular weight excluding hydrogens is 232 g/mol. The number of hydrogen-bond acceptors (Lipinski definition) is 1. The van der Waals surface area contributed by atoms with Crippen LogP contribution in [0.4, 0.5) is 0 Å². The molecule has 0 aliphatic heterocycles. The summed E-state index contributed by atoms with van der Waals surface area (Å²) in [4.78, 5) is 4.74. The summed E-state index contributed by atoms with van der Waals surface area (Å²) in [6.07, 6.45) is 4.78. The van der Waals surface area contributed by atoms with Crippen molar-refractivity contribution < 1.29 is 0 Å². The molecule has 1 aliphatic carbocycles. The van der Waals surface area contributed by atoms with Crippen molar-refractivity contribution in [1.29, 1.82) is 0 Å². The smallest absolute Gasteiger partial charge is 0.111 e. The molecule has 0 N–H and O–H groups in total. The molecule has 1 aromatic carbocycles. The molecule has 0 atom stereocenters. The Morgan fingerprint density at radius 3 is 2.88 bits per heavy atom. The summed E-state index contributed by atoms with van der Waals surface area (Å²) in [5.74, 6) is 1.81. The number of hydrogen-bond donors (Lipinski definition) is 0. The highest BCUT2D eigenvalue weighted by atomic mass is 35.5. The minimum absolute atomic E-state index is 0.648. The first-order valence-corrected chi connectivity index (χ1v) is 6.86. The van der Waals surface area contributed by atoms with Crippen molar-refractivity contribution >= 4 is 22.6 Å². The number of alkyl halides is 1. The Hall–Kier alpha value is -1.02. The second-order valence-electron chi connectivity index (χ2n) is 4.91. The predicted octanol–water partition coefficient (Wildman–Crippen LogP) is 3.85. The molecule has 0 unspecified atom stereocenters. The van der Waals surface area contributed by atoms with E-state index in [0.29, 0.717) is 11.9 Å². The lowest BCUT2D eigenvalue weighted by Crippen LogP contribution is -2.19. The average molecular weight is 249 g/mol. The molecule has 90 valence electrons. The van der Waals surface area contributed by atoms with Gasteiger partial charge in [0.15, 0.2) is 0 Å². The lowest BCUT2D eigenvalue weighted by atomic mass is 9.92. The molecule has 1 fully saturated rings. The zero-order valence-corrected chi connectivity index (χ0v) is 10.9. The van der Waals surface area contributed by atoms with Gasteiger partial charge in [-0.15, -0.1) is 11.6 Å². The molecular formula is C14H17ClN2. The van der Waals surface area contributed by atoms with Crippen molar-refractivity contribution in [2.75, 3.05) is 5.88 Å². The maximum Gasteiger partial charge on any atom is 0.111 e. The first-order valence-electron chi connectivity index (χ1n) is 6.33. The maximum atomic E-state index is 5.88. The molecule has 1 aromatic heterocycles. The van der Waals surface area contributed by atoms with Gasteiger partial charge in [-0.1, -0.05) is 6.07 Å². The third-order valence-corrected chi connectivity index (χ3v) is 3.86. The van der Waals surface area contributed by atoms with Crippen LogP contribution in [-0.4, -0.2) is 15.4 Å². The molecule has 3 rings (SSSR count).